The second kappa shape index (κ2) is 7.47. The molecule has 1 aliphatic rings. The predicted octanol–water partition coefficient (Wildman–Crippen LogP) is 1.02. The lowest BCUT2D eigenvalue weighted by Gasteiger charge is -2.26. The molecule has 0 spiro atoms. The van der Waals surface area contributed by atoms with E-state index in [9.17, 15) is 9.59 Å². The standard InChI is InChI=1S/C15H20N2O3S/c1-21-7-6-12(15(19)20)17-14(18)13-8-10-4-2-3-5-11(10)9-16-13/h2-5,12-13,16H,6-9H2,1H3,(H,17,18)(H,19,20)/t12-,13+/m0/s1. The van der Waals surface area contributed by atoms with Gasteiger partial charge in [0.05, 0.1) is 6.04 Å². The van der Waals surface area contributed by atoms with Crippen LogP contribution in [0.25, 0.3) is 0 Å². The van der Waals surface area contributed by atoms with Crippen molar-refractivity contribution in [2.45, 2.75) is 31.5 Å². The van der Waals surface area contributed by atoms with Crippen molar-refractivity contribution in [2.24, 2.45) is 0 Å². The van der Waals surface area contributed by atoms with Crippen molar-refractivity contribution in [1.29, 1.82) is 0 Å². The van der Waals surface area contributed by atoms with E-state index in [1.54, 1.807) is 11.8 Å². The molecule has 0 aromatic heterocycles. The molecule has 1 aromatic rings. The Hall–Kier alpha value is -1.53. The van der Waals surface area contributed by atoms with Crippen LogP contribution in [0, 0.1) is 0 Å². The number of carbonyl (C=O) groups is 2. The molecule has 1 aliphatic heterocycles. The molecule has 0 unspecified atom stereocenters. The molecule has 0 saturated heterocycles. The summed E-state index contributed by atoms with van der Waals surface area (Å²) < 4.78 is 0. The Morgan fingerprint density at radius 1 is 1.43 bits per heavy atom. The van der Waals surface area contributed by atoms with Crippen molar-refractivity contribution in [2.75, 3.05) is 12.0 Å². The molecular weight excluding hydrogens is 288 g/mol. The first kappa shape index (κ1) is 15.9. The van der Waals surface area contributed by atoms with E-state index in [1.165, 1.54) is 5.56 Å². The zero-order valence-corrected chi connectivity index (χ0v) is 12.8. The molecule has 114 valence electrons. The van der Waals surface area contributed by atoms with Gasteiger partial charge in [-0.3, -0.25) is 4.79 Å². The van der Waals surface area contributed by atoms with Crippen LogP contribution in [0.2, 0.25) is 0 Å². The van der Waals surface area contributed by atoms with Crippen LogP contribution in [0.15, 0.2) is 24.3 Å². The van der Waals surface area contributed by atoms with Gasteiger partial charge in [-0.2, -0.15) is 11.8 Å². The zero-order valence-electron chi connectivity index (χ0n) is 12.0. The summed E-state index contributed by atoms with van der Waals surface area (Å²) >= 11 is 1.57. The molecule has 1 amide bonds. The summed E-state index contributed by atoms with van der Waals surface area (Å²) in [5, 5.41) is 15.0. The van der Waals surface area contributed by atoms with Crippen molar-refractivity contribution in [3.63, 3.8) is 0 Å². The molecule has 1 heterocycles. The van der Waals surface area contributed by atoms with Crippen LogP contribution >= 0.6 is 11.8 Å². The predicted molar refractivity (Wildman–Crippen MR) is 83.3 cm³/mol. The van der Waals surface area contributed by atoms with Gasteiger partial charge in [-0.25, -0.2) is 4.79 Å². The van der Waals surface area contributed by atoms with Gasteiger partial charge in [-0.15, -0.1) is 0 Å². The molecule has 2 rings (SSSR count). The maximum Gasteiger partial charge on any atom is 0.326 e. The van der Waals surface area contributed by atoms with Gasteiger partial charge in [0.15, 0.2) is 0 Å². The summed E-state index contributed by atoms with van der Waals surface area (Å²) in [7, 11) is 0. The second-order valence-corrected chi connectivity index (χ2v) is 6.07. The number of carboxylic acids is 1. The summed E-state index contributed by atoms with van der Waals surface area (Å²) in [4.78, 5) is 23.4. The lowest BCUT2D eigenvalue weighted by molar-refractivity contribution is -0.142. The Balaban J connectivity index is 1.96. The molecule has 1 aromatic carbocycles. The van der Waals surface area contributed by atoms with Crippen molar-refractivity contribution in [3.8, 4) is 0 Å². The smallest absolute Gasteiger partial charge is 0.326 e. The highest BCUT2D eigenvalue weighted by molar-refractivity contribution is 7.98. The van der Waals surface area contributed by atoms with E-state index in [0.29, 0.717) is 25.1 Å². The molecule has 0 radical (unpaired) electrons. The van der Waals surface area contributed by atoms with E-state index >= 15 is 0 Å². The highest BCUT2D eigenvalue weighted by atomic mass is 32.2. The highest BCUT2D eigenvalue weighted by Crippen LogP contribution is 2.16. The minimum Gasteiger partial charge on any atom is -0.480 e. The molecule has 0 fully saturated rings. The lowest BCUT2D eigenvalue weighted by Crippen LogP contribution is -2.52. The fraction of sp³-hybridized carbons (Fsp3) is 0.467. The largest absolute Gasteiger partial charge is 0.480 e. The molecule has 6 heteroatoms. The molecular formula is C15H20N2O3S. The third kappa shape index (κ3) is 4.22. The van der Waals surface area contributed by atoms with Gasteiger partial charge < -0.3 is 15.7 Å². The first-order chi connectivity index (χ1) is 10.1. The van der Waals surface area contributed by atoms with E-state index in [0.717, 1.165) is 5.56 Å². The summed E-state index contributed by atoms with van der Waals surface area (Å²) in [5.74, 6) is -0.510. The zero-order chi connectivity index (χ0) is 15.2. The van der Waals surface area contributed by atoms with Gasteiger partial charge in [-0.1, -0.05) is 24.3 Å². The number of hydrogen-bond acceptors (Lipinski definition) is 4. The number of hydrogen-bond donors (Lipinski definition) is 3. The van der Waals surface area contributed by atoms with Gasteiger partial charge in [0.1, 0.15) is 6.04 Å². The molecule has 0 bridgehead atoms. The Kier molecular flexibility index (Phi) is 5.64. The minimum atomic E-state index is -0.978. The van der Waals surface area contributed by atoms with E-state index in [4.69, 9.17) is 5.11 Å². The molecule has 0 saturated carbocycles. The number of nitrogens with one attached hydrogen (secondary N) is 2. The number of aliphatic carboxylic acids is 1. The lowest BCUT2D eigenvalue weighted by atomic mass is 9.95. The van der Waals surface area contributed by atoms with Crippen LogP contribution in [0.4, 0.5) is 0 Å². The number of carboxylic acid groups (broad SMARTS) is 1. The number of rotatable bonds is 6. The van der Waals surface area contributed by atoms with Crippen molar-refractivity contribution in [3.05, 3.63) is 35.4 Å². The number of fused-ring (bicyclic) bond motifs is 1. The van der Waals surface area contributed by atoms with Crippen molar-refractivity contribution >= 4 is 23.6 Å². The maximum atomic E-state index is 12.2. The van der Waals surface area contributed by atoms with Gasteiger partial charge in [0.2, 0.25) is 5.91 Å². The van der Waals surface area contributed by atoms with Crippen LogP contribution in [0.3, 0.4) is 0 Å². The van der Waals surface area contributed by atoms with Gasteiger partial charge in [-0.05, 0) is 36.0 Å². The van der Waals surface area contributed by atoms with Crippen LogP contribution in [0.5, 0.6) is 0 Å². The Bertz CT molecular complexity index is 521. The second-order valence-electron chi connectivity index (χ2n) is 5.09. The Morgan fingerprint density at radius 3 is 2.81 bits per heavy atom. The van der Waals surface area contributed by atoms with E-state index < -0.39 is 12.0 Å². The monoisotopic (exact) mass is 308 g/mol. The fourth-order valence-corrected chi connectivity index (χ4v) is 2.88. The first-order valence-electron chi connectivity index (χ1n) is 6.94. The fourth-order valence-electron chi connectivity index (χ4n) is 2.41. The Morgan fingerprint density at radius 2 is 2.14 bits per heavy atom. The average molecular weight is 308 g/mol. The third-order valence-electron chi connectivity index (χ3n) is 3.62. The number of carbonyl (C=O) groups excluding carboxylic acids is 1. The van der Waals surface area contributed by atoms with Crippen LogP contribution in [-0.2, 0) is 22.6 Å². The average Bonchev–Trinajstić information content (AvgIpc) is 2.50. The number of amides is 1. The van der Waals surface area contributed by atoms with Gasteiger partial charge in [0.25, 0.3) is 0 Å². The molecule has 21 heavy (non-hydrogen) atoms. The van der Waals surface area contributed by atoms with Crippen LogP contribution in [0.1, 0.15) is 17.5 Å². The first-order valence-corrected chi connectivity index (χ1v) is 8.33. The maximum absolute atomic E-state index is 12.2. The van der Waals surface area contributed by atoms with E-state index in [2.05, 4.69) is 10.6 Å². The molecule has 5 nitrogen and oxygen atoms in total. The summed E-state index contributed by atoms with van der Waals surface area (Å²) in [5.41, 5.74) is 2.34. The summed E-state index contributed by atoms with van der Waals surface area (Å²) in [6, 6.07) is 6.80. The summed E-state index contributed by atoms with van der Waals surface area (Å²) in [6.45, 7) is 0.636. The van der Waals surface area contributed by atoms with Gasteiger partial charge >= 0.3 is 5.97 Å². The topological polar surface area (TPSA) is 78.4 Å². The highest BCUT2D eigenvalue weighted by Gasteiger charge is 2.27. The van der Waals surface area contributed by atoms with Crippen LogP contribution in [-0.4, -0.2) is 41.1 Å². The molecule has 0 aliphatic carbocycles. The minimum absolute atomic E-state index is 0.238. The van der Waals surface area contributed by atoms with E-state index in [1.807, 2.05) is 30.5 Å². The van der Waals surface area contributed by atoms with Crippen LogP contribution < -0.4 is 10.6 Å². The quantitative estimate of drug-likeness (QED) is 0.731. The normalized spacial score (nSPS) is 18.6. The molecule has 2 atom stereocenters. The van der Waals surface area contributed by atoms with Crippen molar-refractivity contribution < 1.29 is 14.7 Å². The SMILES string of the molecule is CSCC[C@H](NC(=O)[C@H]1Cc2ccccc2CN1)C(=O)O. The van der Waals surface area contributed by atoms with E-state index in [-0.39, 0.29) is 11.9 Å². The number of thioether (sulfide) groups is 1. The summed E-state index contributed by atoms with van der Waals surface area (Å²) in [6.07, 6.45) is 2.95. The Labute approximate surface area is 128 Å². The van der Waals surface area contributed by atoms with Crippen molar-refractivity contribution in [1.82, 2.24) is 10.6 Å². The van der Waals surface area contributed by atoms with Gasteiger partial charge in [0, 0.05) is 6.54 Å². The third-order valence-corrected chi connectivity index (χ3v) is 4.27. The number of benzene rings is 1. The molecule has 3 N–H and O–H groups in total.